The molecule has 4 nitrogen and oxygen atoms in total. The molecule has 0 radical (unpaired) electrons. The second-order valence-corrected chi connectivity index (χ2v) is 5.05. The lowest BCUT2D eigenvalue weighted by atomic mass is 9.93. The Hall–Kier alpha value is -1.84. The molecular weight excluding hydrogens is 228 g/mol. The molecule has 1 fully saturated rings. The van der Waals surface area contributed by atoms with Crippen molar-refractivity contribution in [1.82, 2.24) is 5.32 Å². The molecule has 1 aliphatic rings. The van der Waals surface area contributed by atoms with E-state index >= 15 is 0 Å². The molecule has 1 aromatic rings. The molecule has 1 saturated carbocycles. The minimum atomic E-state index is -0.625. The van der Waals surface area contributed by atoms with Gasteiger partial charge in [-0.05, 0) is 32.3 Å². The van der Waals surface area contributed by atoms with Crippen molar-refractivity contribution in [2.45, 2.75) is 38.1 Å². The summed E-state index contributed by atoms with van der Waals surface area (Å²) in [5.74, 6) is -0.609. The second-order valence-electron chi connectivity index (χ2n) is 5.05. The van der Waals surface area contributed by atoms with Crippen LogP contribution in [0.25, 0.3) is 0 Å². The fourth-order valence-corrected chi connectivity index (χ4v) is 2.12. The number of nitrogens with one attached hydrogen (secondary N) is 1. The van der Waals surface area contributed by atoms with Crippen LogP contribution in [0.1, 0.15) is 30.9 Å². The van der Waals surface area contributed by atoms with Crippen molar-refractivity contribution in [2.75, 3.05) is 0 Å². The Kier molecular flexibility index (Phi) is 3.11. The summed E-state index contributed by atoms with van der Waals surface area (Å²) in [4.78, 5) is 23.2. The summed E-state index contributed by atoms with van der Waals surface area (Å²) < 4.78 is 0. The molecule has 0 aromatic heterocycles. The van der Waals surface area contributed by atoms with Crippen molar-refractivity contribution in [3.8, 4) is 0 Å². The number of hydrogen-bond acceptors (Lipinski definition) is 2. The third-order valence-electron chi connectivity index (χ3n) is 3.53. The third kappa shape index (κ3) is 2.23. The maximum Gasteiger partial charge on any atom is 0.239 e. The summed E-state index contributed by atoms with van der Waals surface area (Å²) in [6.45, 7) is 3.61. The lowest BCUT2D eigenvalue weighted by Gasteiger charge is -2.18. The van der Waals surface area contributed by atoms with Crippen molar-refractivity contribution < 1.29 is 9.59 Å². The monoisotopic (exact) mass is 246 g/mol. The van der Waals surface area contributed by atoms with Gasteiger partial charge in [-0.3, -0.25) is 9.59 Å². The van der Waals surface area contributed by atoms with E-state index in [9.17, 15) is 9.59 Å². The molecule has 0 aliphatic heterocycles. The maximum absolute atomic E-state index is 12.2. The van der Waals surface area contributed by atoms with Crippen LogP contribution in [-0.2, 0) is 15.0 Å². The van der Waals surface area contributed by atoms with Gasteiger partial charge in [0.1, 0.15) is 6.04 Å². The number of primary amides is 1. The van der Waals surface area contributed by atoms with E-state index in [1.54, 1.807) is 6.92 Å². The maximum atomic E-state index is 12.2. The standard InChI is InChI=1S/C14H18N2O2/c1-9-4-3-5-11(8-9)14(6-7-14)13(18)16-10(2)12(15)17/h3-5,8,10H,6-7H2,1-2H3,(H2,15,17)(H,16,18)/t10-/m0/s1. The van der Waals surface area contributed by atoms with Crippen LogP contribution in [0.2, 0.25) is 0 Å². The molecule has 2 rings (SSSR count). The number of aryl methyl sites for hydroxylation is 1. The van der Waals surface area contributed by atoms with Gasteiger partial charge in [-0.2, -0.15) is 0 Å². The summed E-state index contributed by atoms with van der Waals surface area (Å²) in [5, 5.41) is 2.69. The van der Waals surface area contributed by atoms with E-state index in [1.807, 2.05) is 31.2 Å². The molecule has 4 heteroatoms. The molecule has 1 aliphatic carbocycles. The molecule has 0 saturated heterocycles. The van der Waals surface area contributed by atoms with Crippen molar-refractivity contribution in [3.63, 3.8) is 0 Å². The van der Waals surface area contributed by atoms with Gasteiger partial charge in [0.2, 0.25) is 11.8 Å². The smallest absolute Gasteiger partial charge is 0.239 e. The summed E-state index contributed by atoms with van der Waals surface area (Å²) in [6.07, 6.45) is 1.65. The average Bonchev–Trinajstić information content (AvgIpc) is 3.09. The molecule has 1 atom stereocenters. The van der Waals surface area contributed by atoms with Gasteiger partial charge in [-0.15, -0.1) is 0 Å². The van der Waals surface area contributed by atoms with Crippen LogP contribution in [0, 0.1) is 6.92 Å². The van der Waals surface area contributed by atoms with Gasteiger partial charge in [-0.1, -0.05) is 29.8 Å². The second kappa shape index (κ2) is 4.44. The van der Waals surface area contributed by atoms with Crippen LogP contribution >= 0.6 is 0 Å². The van der Waals surface area contributed by atoms with Crippen molar-refractivity contribution >= 4 is 11.8 Å². The average molecular weight is 246 g/mol. The summed E-state index contributed by atoms with van der Waals surface area (Å²) in [6, 6.07) is 7.33. The predicted molar refractivity (Wildman–Crippen MR) is 68.9 cm³/mol. The molecule has 1 aromatic carbocycles. The predicted octanol–water partition coefficient (Wildman–Crippen LogP) is 1.02. The first-order chi connectivity index (χ1) is 8.45. The molecule has 96 valence electrons. The molecule has 0 spiro atoms. The number of amides is 2. The fraction of sp³-hybridized carbons (Fsp3) is 0.429. The van der Waals surface area contributed by atoms with Gasteiger partial charge in [-0.25, -0.2) is 0 Å². The van der Waals surface area contributed by atoms with E-state index in [1.165, 1.54) is 0 Å². The van der Waals surface area contributed by atoms with E-state index in [4.69, 9.17) is 5.73 Å². The minimum Gasteiger partial charge on any atom is -0.368 e. The Morgan fingerprint density at radius 1 is 1.39 bits per heavy atom. The number of benzene rings is 1. The van der Waals surface area contributed by atoms with Gasteiger partial charge in [0, 0.05) is 0 Å². The highest BCUT2D eigenvalue weighted by Crippen LogP contribution is 2.48. The lowest BCUT2D eigenvalue weighted by molar-refractivity contribution is -0.128. The Balaban J connectivity index is 2.17. The Morgan fingerprint density at radius 3 is 2.56 bits per heavy atom. The van der Waals surface area contributed by atoms with Gasteiger partial charge in [0.25, 0.3) is 0 Å². The Labute approximate surface area is 107 Å². The molecule has 3 N–H and O–H groups in total. The topological polar surface area (TPSA) is 72.2 Å². The Bertz CT molecular complexity index is 492. The first kappa shape index (κ1) is 12.6. The molecular formula is C14H18N2O2. The minimum absolute atomic E-state index is 0.0978. The quantitative estimate of drug-likeness (QED) is 0.832. The van der Waals surface area contributed by atoms with Gasteiger partial charge in [0.15, 0.2) is 0 Å². The Morgan fingerprint density at radius 2 is 2.06 bits per heavy atom. The zero-order chi connectivity index (χ0) is 13.3. The van der Waals surface area contributed by atoms with Gasteiger partial charge < -0.3 is 11.1 Å². The van der Waals surface area contributed by atoms with Crippen LogP contribution in [-0.4, -0.2) is 17.9 Å². The van der Waals surface area contributed by atoms with Crippen molar-refractivity contribution in [2.24, 2.45) is 5.73 Å². The van der Waals surface area contributed by atoms with Crippen molar-refractivity contribution in [3.05, 3.63) is 35.4 Å². The largest absolute Gasteiger partial charge is 0.368 e. The van der Waals surface area contributed by atoms with E-state index in [-0.39, 0.29) is 5.91 Å². The normalized spacial score (nSPS) is 17.9. The molecule has 0 bridgehead atoms. The number of carbonyl (C=O) groups excluding carboxylic acids is 2. The zero-order valence-electron chi connectivity index (χ0n) is 10.7. The van der Waals surface area contributed by atoms with Crippen LogP contribution in [0.15, 0.2) is 24.3 Å². The van der Waals surface area contributed by atoms with Crippen LogP contribution < -0.4 is 11.1 Å². The number of carbonyl (C=O) groups is 2. The van der Waals surface area contributed by atoms with Crippen LogP contribution in [0.3, 0.4) is 0 Å². The fourth-order valence-electron chi connectivity index (χ4n) is 2.12. The van der Waals surface area contributed by atoms with Crippen LogP contribution in [0.4, 0.5) is 0 Å². The third-order valence-corrected chi connectivity index (χ3v) is 3.53. The van der Waals surface area contributed by atoms with Crippen molar-refractivity contribution in [1.29, 1.82) is 0 Å². The highest BCUT2D eigenvalue weighted by molar-refractivity contribution is 5.94. The summed E-state index contributed by atoms with van der Waals surface area (Å²) in [5.41, 5.74) is 6.87. The summed E-state index contributed by atoms with van der Waals surface area (Å²) in [7, 11) is 0. The molecule has 0 unspecified atom stereocenters. The van der Waals surface area contributed by atoms with E-state index < -0.39 is 17.4 Å². The number of nitrogens with two attached hydrogens (primary N) is 1. The first-order valence-electron chi connectivity index (χ1n) is 6.13. The van der Waals surface area contributed by atoms with Gasteiger partial charge >= 0.3 is 0 Å². The van der Waals surface area contributed by atoms with E-state index in [0.29, 0.717) is 0 Å². The van der Waals surface area contributed by atoms with Crippen LogP contribution in [0.5, 0.6) is 0 Å². The first-order valence-corrected chi connectivity index (χ1v) is 6.13. The lowest BCUT2D eigenvalue weighted by Crippen LogP contribution is -2.46. The highest BCUT2D eigenvalue weighted by atomic mass is 16.2. The molecule has 18 heavy (non-hydrogen) atoms. The SMILES string of the molecule is Cc1cccc(C2(C(=O)N[C@@H](C)C(N)=O)CC2)c1. The zero-order valence-corrected chi connectivity index (χ0v) is 10.7. The van der Waals surface area contributed by atoms with E-state index in [2.05, 4.69) is 5.32 Å². The van der Waals surface area contributed by atoms with E-state index in [0.717, 1.165) is 24.0 Å². The number of hydrogen-bond donors (Lipinski definition) is 2. The highest BCUT2D eigenvalue weighted by Gasteiger charge is 2.51. The van der Waals surface area contributed by atoms with Gasteiger partial charge in [0.05, 0.1) is 5.41 Å². The summed E-state index contributed by atoms with van der Waals surface area (Å²) >= 11 is 0. The molecule has 0 heterocycles. The number of rotatable bonds is 4. The molecule has 2 amide bonds.